The smallest absolute Gasteiger partial charge is 0.241 e. The van der Waals surface area contributed by atoms with E-state index in [0.717, 1.165) is 17.0 Å². The van der Waals surface area contributed by atoms with Crippen molar-refractivity contribution in [3.63, 3.8) is 0 Å². The first-order chi connectivity index (χ1) is 14.3. The molecule has 1 fully saturated rings. The van der Waals surface area contributed by atoms with Crippen LogP contribution < -0.4 is 19.7 Å². The largest absolute Gasteiger partial charge is 0.493 e. The van der Waals surface area contributed by atoms with E-state index in [1.54, 1.807) is 7.11 Å². The van der Waals surface area contributed by atoms with Crippen LogP contribution in [-0.4, -0.2) is 31.8 Å². The van der Waals surface area contributed by atoms with Gasteiger partial charge in [0.1, 0.15) is 5.66 Å². The molecule has 2 heterocycles. The Morgan fingerprint density at radius 2 is 1.93 bits per heavy atom. The van der Waals surface area contributed by atoms with Crippen LogP contribution >= 0.6 is 0 Å². The van der Waals surface area contributed by atoms with Crippen molar-refractivity contribution in [1.29, 1.82) is 0 Å². The van der Waals surface area contributed by atoms with Gasteiger partial charge < -0.3 is 19.7 Å². The van der Waals surface area contributed by atoms with Crippen molar-refractivity contribution in [3.05, 3.63) is 59.7 Å². The number of nitrogens with one attached hydrogen (secondary N) is 1. The highest BCUT2D eigenvalue weighted by molar-refractivity contribution is 5.91. The second kappa shape index (κ2) is 7.38. The Hall–Kier alpha value is -2.95. The van der Waals surface area contributed by atoms with E-state index in [1.807, 2.05) is 24.3 Å². The van der Waals surface area contributed by atoms with E-state index in [1.165, 1.54) is 5.56 Å². The summed E-state index contributed by atoms with van der Waals surface area (Å²) in [6.07, 6.45) is 4.17. The normalized spacial score (nSPS) is 21.7. The van der Waals surface area contributed by atoms with Gasteiger partial charge in [-0.2, -0.15) is 0 Å². The zero-order chi connectivity index (χ0) is 21.5. The fourth-order valence-electron chi connectivity index (χ4n) is 4.52. The Labute approximate surface area is 178 Å². The number of anilines is 1. The second-order valence-electron chi connectivity index (χ2n) is 8.99. The fourth-order valence-corrected chi connectivity index (χ4v) is 4.52. The van der Waals surface area contributed by atoms with E-state index in [4.69, 9.17) is 9.47 Å². The zero-order valence-corrected chi connectivity index (χ0v) is 18.4. The summed E-state index contributed by atoms with van der Waals surface area (Å²) in [4.78, 5) is 14.6. The third-order valence-corrected chi connectivity index (χ3v) is 6.16. The fraction of sp³-hybridized carbons (Fsp3) is 0.400. The highest BCUT2D eigenvalue weighted by Gasteiger charge is 2.59. The summed E-state index contributed by atoms with van der Waals surface area (Å²) >= 11 is 0. The Balaban J connectivity index is 1.68. The molecule has 1 saturated heterocycles. The molecule has 1 N–H and O–H groups in total. The summed E-state index contributed by atoms with van der Waals surface area (Å²) in [5, 5.41) is 3.25. The van der Waals surface area contributed by atoms with Crippen LogP contribution in [-0.2, 0) is 10.2 Å². The lowest BCUT2D eigenvalue weighted by molar-refractivity contribution is -0.118. The van der Waals surface area contributed by atoms with Crippen LogP contribution in [0.1, 0.15) is 38.8 Å². The molecular formula is C25H30N2O3. The van der Waals surface area contributed by atoms with E-state index in [-0.39, 0.29) is 11.3 Å². The van der Waals surface area contributed by atoms with Gasteiger partial charge in [0.25, 0.3) is 0 Å². The number of ether oxygens (including phenoxy) is 2. The predicted molar refractivity (Wildman–Crippen MR) is 120 cm³/mol. The average Bonchev–Trinajstić information content (AvgIpc) is 3.15. The average molecular weight is 407 g/mol. The predicted octanol–water partition coefficient (Wildman–Crippen LogP) is 4.37. The Kier molecular flexibility index (Phi) is 5.00. The molecule has 0 saturated carbocycles. The maximum atomic E-state index is 12.4. The van der Waals surface area contributed by atoms with E-state index in [9.17, 15) is 4.79 Å². The van der Waals surface area contributed by atoms with Crippen molar-refractivity contribution in [2.75, 3.05) is 25.2 Å². The third-order valence-electron chi connectivity index (χ3n) is 6.16. The minimum atomic E-state index is -0.603. The molecule has 5 heteroatoms. The van der Waals surface area contributed by atoms with Crippen LogP contribution in [0.15, 0.2) is 48.5 Å². The summed E-state index contributed by atoms with van der Waals surface area (Å²) in [7, 11) is 1.65. The van der Waals surface area contributed by atoms with Crippen molar-refractivity contribution in [2.24, 2.45) is 5.92 Å². The minimum Gasteiger partial charge on any atom is -0.493 e. The van der Waals surface area contributed by atoms with Gasteiger partial charge in [-0.05, 0) is 41.3 Å². The van der Waals surface area contributed by atoms with Gasteiger partial charge in [-0.3, -0.25) is 4.79 Å². The van der Waals surface area contributed by atoms with Crippen LogP contribution in [0.2, 0.25) is 0 Å². The highest BCUT2D eigenvalue weighted by atomic mass is 16.5. The van der Waals surface area contributed by atoms with Crippen LogP contribution in [0, 0.1) is 5.92 Å². The number of para-hydroxylation sites is 1. The van der Waals surface area contributed by atoms with Crippen molar-refractivity contribution < 1.29 is 14.3 Å². The Morgan fingerprint density at radius 3 is 2.67 bits per heavy atom. The molecular weight excluding hydrogens is 376 g/mol. The SMILES string of the molecule is COc1cc(C=C[C@]23NC(=O)CN2c2ccccc2C3(C)C)ccc1OCC(C)C. The molecule has 2 aliphatic heterocycles. The third kappa shape index (κ3) is 3.13. The van der Waals surface area contributed by atoms with Crippen molar-refractivity contribution >= 4 is 17.7 Å². The number of carbonyl (C=O) groups is 1. The molecule has 1 amide bonds. The number of fused-ring (bicyclic) bond motifs is 3. The molecule has 0 aromatic heterocycles. The minimum absolute atomic E-state index is 0.0391. The molecule has 0 spiro atoms. The number of methoxy groups -OCH3 is 1. The maximum Gasteiger partial charge on any atom is 0.241 e. The summed E-state index contributed by atoms with van der Waals surface area (Å²) < 4.78 is 11.4. The number of hydrogen-bond donors (Lipinski definition) is 1. The summed E-state index contributed by atoms with van der Waals surface area (Å²) in [6, 6.07) is 14.3. The van der Waals surface area contributed by atoms with Gasteiger partial charge in [-0.25, -0.2) is 0 Å². The molecule has 4 rings (SSSR count). The monoisotopic (exact) mass is 406 g/mol. The van der Waals surface area contributed by atoms with Crippen LogP contribution in [0.3, 0.4) is 0 Å². The topological polar surface area (TPSA) is 50.8 Å². The van der Waals surface area contributed by atoms with Gasteiger partial charge in [0.05, 0.1) is 20.3 Å². The first-order valence-electron chi connectivity index (χ1n) is 10.5. The highest BCUT2D eigenvalue weighted by Crippen LogP contribution is 2.52. The van der Waals surface area contributed by atoms with Gasteiger partial charge in [-0.1, -0.05) is 58.0 Å². The molecule has 30 heavy (non-hydrogen) atoms. The van der Waals surface area contributed by atoms with E-state index in [2.05, 4.69) is 68.3 Å². The van der Waals surface area contributed by atoms with E-state index < -0.39 is 5.66 Å². The van der Waals surface area contributed by atoms with Crippen LogP contribution in [0.4, 0.5) is 5.69 Å². The molecule has 2 aliphatic rings. The molecule has 0 bridgehead atoms. The molecule has 0 aliphatic carbocycles. The first-order valence-corrected chi connectivity index (χ1v) is 10.5. The van der Waals surface area contributed by atoms with Gasteiger partial charge in [0, 0.05) is 11.1 Å². The lowest BCUT2D eigenvalue weighted by Gasteiger charge is -2.40. The molecule has 5 nitrogen and oxygen atoms in total. The van der Waals surface area contributed by atoms with Crippen molar-refractivity contribution in [2.45, 2.75) is 38.8 Å². The number of hydrogen-bond acceptors (Lipinski definition) is 4. The lowest BCUT2D eigenvalue weighted by atomic mass is 9.75. The molecule has 2 aromatic carbocycles. The number of carbonyl (C=O) groups excluding carboxylic acids is 1. The molecule has 1 atom stereocenters. The van der Waals surface area contributed by atoms with Crippen molar-refractivity contribution in [1.82, 2.24) is 5.32 Å². The van der Waals surface area contributed by atoms with Gasteiger partial charge in [-0.15, -0.1) is 0 Å². The Bertz CT molecular complexity index is 996. The summed E-state index contributed by atoms with van der Waals surface area (Å²) in [5.41, 5.74) is 2.46. The Morgan fingerprint density at radius 1 is 1.17 bits per heavy atom. The first kappa shape index (κ1) is 20.3. The number of rotatable bonds is 6. The molecule has 158 valence electrons. The zero-order valence-electron chi connectivity index (χ0n) is 18.4. The van der Waals surface area contributed by atoms with Gasteiger partial charge in [0.15, 0.2) is 11.5 Å². The number of amides is 1. The second-order valence-corrected chi connectivity index (χ2v) is 8.99. The quantitative estimate of drug-likeness (QED) is 0.774. The number of nitrogens with zero attached hydrogens (tertiary/aromatic N) is 1. The van der Waals surface area contributed by atoms with Crippen molar-refractivity contribution in [3.8, 4) is 11.5 Å². The van der Waals surface area contributed by atoms with Crippen LogP contribution in [0.25, 0.3) is 6.08 Å². The van der Waals surface area contributed by atoms with E-state index >= 15 is 0 Å². The standard InChI is InChI=1S/C25H30N2O3/c1-17(2)16-30-21-11-10-18(14-22(21)29-5)12-13-25-24(3,4)19-8-6-7-9-20(19)27(25)15-23(28)26-25/h6-14,17H,15-16H2,1-5H3,(H,26,28)/t25-/m0/s1. The van der Waals surface area contributed by atoms with Crippen LogP contribution in [0.5, 0.6) is 11.5 Å². The maximum absolute atomic E-state index is 12.4. The summed E-state index contributed by atoms with van der Waals surface area (Å²) in [5.74, 6) is 1.93. The number of benzene rings is 2. The van der Waals surface area contributed by atoms with E-state index in [0.29, 0.717) is 24.8 Å². The molecule has 0 radical (unpaired) electrons. The lowest BCUT2D eigenvalue weighted by Crippen LogP contribution is -2.58. The molecule has 2 aromatic rings. The van der Waals surface area contributed by atoms with Gasteiger partial charge >= 0.3 is 0 Å². The molecule has 0 unspecified atom stereocenters. The summed E-state index contributed by atoms with van der Waals surface area (Å²) in [6.45, 7) is 9.60. The van der Waals surface area contributed by atoms with Gasteiger partial charge in [0.2, 0.25) is 5.91 Å².